The minimum Gasteiger partial charge on any atom is -0.321 e. The molecular formula is C19H15F3N4O2. The third-order valence-electron chi connectivity index (χ3n) is 4.39. The first-order valence-corrected chi connectivity index (χ1v) is 8.59. The average molecular weight is 388 g/mol. The second-order valence-electron chi connectivity index (χ2n) is 6.53. The molecule has 1 aromatic carbocycles. The molecule has 1 fully saturated rings. The summed E-state index contributed by atoms with van der Waals surface area (Å²) >= 11 is 0. The molecule has 0 unspecified atom stereocenters. The van der Waals surface area contributed by atoms with E-state index in [2.05, 4.69) is 10.3 Å². The van der Waals surface area contributed by atoms with Crippen LogP contribution in [0, 0.1) is 0 Å². The maximum Gasteiger partial charge on any atom is 0.471 e. The van der Waals surface area contributed by atoms with E-state index in [4.69, 9.17) is 0 Å². The Hall–Kier alpha value is -3.36. The predicted octanol–water partition coefficient (Wildman–Crippen LogP) is 3.96. The summed E-state index contributed by atoms with van der Waals surface area (Å²) < 4.78 is 38.8. The topological polar surface area (TPSA) is 75.5 Å². The third kappa shape index (κ3) is 3.55. The highest BCUT2D eigenvalue weighted by molar-refractivity contribution is 6.07. The van der Waals surface area contributed by atoms with Crippen molar-refractivity contribution in [3.8, 4) is 0 Å². The molecule has 0 spiro atoms. The molecular weight excluding hydrogens is 373 g/mol. The minimum absolute atomic E-state index is 0.0243. The maximum absolute atomic E-state index is 12.7. The van der Waals surface area contributed by atoms with Crippen LogP contribution in [0.1, 0.15) is 35.1 Å². The summed E-state index contributed by atoms with van der Waals surface area (Å²) in [7, 11) is 0. The molecule has 1 saturated carbocycles. The summed E-state index contributed by atoms with van der Waals surface area (Å²) in [5.74, 6) is -1.26. The molecule has 6 nitrogen and oxygen atoms in total. The molecule has 2 N–H and O–H groups in total. The van der Waals surface area contributed by atoms with E-state index in [9.17, 15) is 22.8 Å². The fourth-order valence-corrected chi connectivity index (χ4v) is 2.89. The number of carbonyl (C=O) groups is 2. The standard InChI is InChI=1S/C19H15F3N4O2/c20-19(21,22)18(28)24-13-8-6-12(7-9-13)23-17(27)15-14-3-1-2-10-26(14)16(25-15)11-4-5-11/h1-3,6-11H,4-5H2,(H,23,27)(H,24,28). The van der Waals surface area contributed by atoms with Crippen molar-refractivity contribution in [2.75, 3.05) is 10.6 Å². The Balaban J connectivity index is 1.51. The number of rotatable bonds is 4. The molecule has 0 radical (unpaired) electrons. The zero-order chi connectivity index (χ0) is 19.9. The first-order chi connectivity index (χ1) is 13.3. The molecule has 144 valence electrons. The fourth-order valence-electron chi connectivity index (χ4n) is 2.89. The molecule has 2 heterocycles. The van der Waals surface area contributed by atoms with Crippen molar-refractivity contribution in [2.45, 2.75) is 24.9 Å². The lowest BCUT2D eigenvalue weighted by Crippen LogP contribution is -2.29. The van der Waals surface area contributed by atoms with E-state index in [-0.39, 0.29) is 11.4 Å². The van der Waals surface area contributed by atoms with E-state index in [1.165, 1.54) is 24.3 Å². The number of amides is 2. The van der Waals surface area contributed by atoms with Crippen LogP contribution in [0.3, 0.4) is 0 Å². The van der Waals surface area contributed by atoms with Crippen LogP contribution in [0.25, 0.3) is 5.52 Å². The number of hydrogen-bond acceptors (Lipinski definition) is 3. The number of fused-ring (bicyclic) bond motifs is 1. The summed E-state index contributed by atoms with van der Waals surface area (Å²) in [4.78, 5) is 28.1. The Morgan fingerprint density at radius 3 is 2.25 bits per heavy atom. The summed E-state index contributed by atoms with van der Waals surface area (Å²) in [6.07, 6.45) is -1.01. The monoisotopic (exact) mass is 388 g/mol. The van der Waals surface area contributed by atoms with Crippen LogP contribution in [-0.2, 0) is 4.79 Å². The summed E-state index contributed by atoms with van der Waals surface area (Å²) in [6.45, 7) is 0. The third-order valence-corrected chi connectivity index (χ3v) is 4.39. The second-order valence-corrected chi connectivity index (χ2v) is 6.53. The van der Waals surface area contributed by atoms with Gasteiger partial charge in [0.25, 0.3) is 5.91 Å². The van der Waals surface area contributed by atoms with Crippen molar-refractivity contribution in [3.05, 3.63) is 60.2 Å². The van der Waals surface area contributed by atoms with Crippen molar-refractivity contribution in [3.63, 3.8) is 0 Å². The number of alkyl halides is 3. The number of benzene rings is 1. The van der Waals surface area contributed by atoms with Gasteiger partial charge in [0.1, 0.15) is 5.82 Å². The summed E-state index contributed by atoms with van der Waals surface area (Å²) in [5.41, 5.74) is 1.33. The van der Waals surface area contributed by atoms with Gasteiger partial charge in [-0.1, -0.05) is 6.07 Å². The highest BCUT2D eigenvalue weighted by Crippen LogP contribution is 2.40. The van der Waals surface area contributed by atoms with E-state index in [0.717, 1.165) is 18.7 Å². The molecule has 9 heteroatoms. The van der Waals surface area contributed by atoms with Crippen molar-refractivity contribution in [1.82, 2.24) is 9.38 Å². The lowest BCUT2D eigenvalue weighted by molar-refractivity contribution is -0.167. The van der Waals surface area contributed by atoms with Crippen LogP contribution >= 0.6 is 0 Å². The van der Waals surface area contributed by atoms with Crippen LogP contribution in [0.15, 0.2) is 48.7 Å². The van der Waals surface area contributed by atoms with Crippen LogP contribution in [-0.4, -0.2) is 27.4 Å². The zero-order valence-corrected chi connectivity index (χ0v) is 14.5. The summed E-state index contributed by atoms with van der Waals surface area (Å²) in [5, 5.41) is 4.43. The van der Waals surface area contributed by atoms with Gasteiger partial charge >= 0.3 is 12.1 Å². The van der Waals surface area contributed by atoms with Gasteiger partial charge in [-0.25, -0.2) is 4.98 Å². The lowest BCUT2D eigenvalue weighted by Gasteiger charge is -2.09. The number of nitrogens with one attached hydrogen (secondary N) is 2. The molecule has 3 aromatic rings. The van der Waals surface area contributed by atoms with Gasteiger partial charge in [0.2, 0.25) is 0 Å². The molecule has 2 amide bonds. The van der Waals surface area contributed by atoms with E-state index in [0.29, 0.717) is 17.1 Å². The lowest BCUT2D eigenvalue weighted by atomic mass is 10.2. The number of imidazole rings is 1. The molecule has 0 aliphatic heterocycles. The molecule has 1 aliphatic carbocycles. The van der Waals surface area contributed by atoms with Gasteiger partial charge < -0.3 is 15.0 Å². The molecule has 4 rings (SSSR count). The number of pyridine rings is 1. The quantitative estimate of drug-likeness (QED) is 0.710. The number of aromatic nitrogens is 2. The van der Waals surface area contributed by atoms with E-state index in [1.54, 1.807) is 5.32 Å². The van der Waals surface area contributed by atoms with E-state index < -0.39 is 18.0 Å². The SMILES string of the molecule is O=C(Nc1ccc(NC(=O)C(F)(F)F)cc1)c1nc(C2CC2)n2ccccc12. The Labute approximate surface area is 157 Å². The van der Waals surface area contributed by atoms with Crippen molar-refractivity contribution in [1.29, 1.82) is 0 Å². The van der Waals surface area contributed by atoms with Gasteiger partial charge in [-0.3, -0.25) is 9.59 Å². The molecule has 0 bridgehead atoms. The molecule has 2 aromatic heterocycles. The van der Waals surface area contributed by atoms with Crippen LogP contribution in [0.4, 0.5) is 24.5 Å². The smallest absolute Gasteiger partial charge is 0.321 e. The average Bonchev–Trinajstić information content (AvgIpc) is 3.42. The fraction of sp³-hybridized carbons (Fsp3) is 0.211. The van der Waals surface area contributed by atoms with Gasteiger partial charge in [0.15, 0.2) is 5.69 Å². The van der Waals surface area contributed by atoms with Gasteiger partial charge in [-0.2, -0.15) is 13.2 Å². The predicted molar refractivity (Wildman–Crippen MR) is 96.2 cm³/mol. The van der Waals surface area contributed by atoms with Crippen molar-refractivity contribution >= 4 is 28.7 Å². The number of carbonyl (C=O) groups excluding carboxylic acids is 2. The maximum atomic E-state index is 12.7. The molecule has 0 atom stereocenters. The highest BCUT2D eigenvalue weighted by atomic mass is 19.4. The molecule has 28 heavy (non-hydrogen) atoms. The van der Waals surface area contributed by atoms with E-state index in [1.807, 2.05) is 28.8 Å². The van der Waals surface area contributed by atoms with Crippen molar-refractivity contribution in [2.24, 2.45) is 0 Å². The van der Waals surface area contributed by atoms with Crippen molar-refractivity contribution < 1.29 is 22.8 Å². The van der Waals surface area contributed by atoms with Gasteiger partial charge in [-0.15, -0.1) is 0 Å². The van der Waals surface area contributed by atoms with Gasteiger partial charge in [-0.05, 0) is 49.2 Å². The van der Waals surface area contributed by atoms with Gasteiger partial charge in [0, 0.05) is 23.5 Å². The normalized spacial score (nSPS) is 14.1. The minimum atomic E-state index is -4.96. The number of halogens is 3. The van der Waals surface area contributed by atoms with E-state index >= 15 is 0 Å². The second kappa shape index (κ2) is 6.66. The Bertz CT molecular complexity index is 1050. The molecule has 0 saturated heterocycles. The first-order valence-electron chi connectivity index (χ1n) is 8.59. The Morgan fingerprint density at radius 2 is 1.64 bits per heavy atom. The first kappa shape index (κ1) is 18.0. The van der Waals surface area contributed by atoms with Crippen LogP contribution < -0.4 is 10.6 Å². The largest absolute Gasteiger partial charge is 0.471 e. The number of nitrogens with zero attached hydrogens (tertiary/aromatic N) is 2. The number of anilines is 2. The number of hydrogen-bond donors (Lipinski definition) is 2. The zero-order valence-electron chi connectivity index (χ0n) is 14.5. The highest BCUT2D eigenvalue weighted by Gasteiger charge is 2.38. The summed E-state index contributed by atoms with van der Waals surface area (Å²) in [6, 6.07) is 10.9. The van der Waals surface area contributed by atoms with Crippen LogP contribution in [0.5, 0.6) is 0 Å². The Kier molecular flexibility index (Phi) is 4.29. The Morgan fingerprint density at radius 1 is 1.00 bits per heavy atom. The molecule has 1 aliphatic rings. The van der Waals surface area contributed by atoms with Gasteiger partial charge in [0.05, 0.1) is 5.52 Å². The van der Waals surface area contributed by atoms with Crippen LogP contribution in [0.2, 0.25) is 0 Å².